The summed E-state index contributed by atoms with van der Waals surface area (Å²) in [5.74, 6) is -2.01. The van der Waals surface area contributed by atoms with E-state index in [2.05, 4.69) is 5.18 Å². The molecule has 4 rings (SSSR count). The van der Waals surface area contributed by atoms with Crippen LogP contribution in [-0.2, 0) is 7.05 Å². The van der Waals surface area contributed by atoms with Crippen LogP contribution in [0.2, 0.25) is 5.02 Å². The Bertz CT molecular complexity index is 1450. The molecule has 0 spiro atoms. The van der Waals surface area contributed by atoms with Gasteiger partial charge in [0.1, 0.15) is 16.7 Å². The van der Waals surface area contributed by atoms with Crippen LogP contribution in [0.1, 0.15) is 44.7 Å². The lowest BCUT2D eigenvalue weighted by Gasteiger charge is -2.22. The van der Waals surface area contributed by atoms with E-state index >= 15 is 0 Å². The molecule has 35 heavy (non-hydrogen) atoms. The second-order valence-electron chi connectivity index (χ2n) is 8.11. The molecule has 4 aromatic rings. The zero-order valence-electron chi connectivity index (χ0n) is 18.5. The fourth-order valence-corrected chi connectivity index (χ4v) is 4.92. The molecule has 2 heterocycles. The Morgan fingerprint density at radius 2 is 1.80 bits per heavy atom. The van der Waals surface area contributed by atoms with Crippen LogP contribution in [0.3, 0.4) is 0 Å². The normalized spacial score (nSPS) is 12.8. The summed E-state index contributed by atoms with van der Waals surface area (Å²) < 4.78 is 16.4. The minimum atomic E-state index is -0.984. The topological polar surface area (TPSA) is 88.7 Å². The number of aromatic nitrogens is 1. The third-order valence-electron chi connectivity index (χ3n) is 5.87. The van der Waals surface area contributed by atoms with E-state index in [4.69, 9.17) is 11.6 Å². The van der Waals surface area contributed by atoms with E-state index in [1.807, 2.05) is 24.3 Å². The first-order valence-electron chi connectivity index (χ1n) is 10.6. The van der Waals surface area contributed by atoms with Gasteiger partial charge in [-0.15, -0.1) is 11.3 Å². The number of carboxylic acid groups (broad SMARTS) is 1. The van der Waals surface area contributed by atoms with E-state index in [9.17, 15) is 24.0 Å². The van der Waals surface area contributed by atoms with E-state index in [0.29, 0.717) is 11.1 Å². The van der Waals surface area contributed by atoms with E-state index < -0.39 is 23.7 Å². The number of aromatic carboxylic acids is 1. The number of aryl methyl sites for hydroxylation is 1. The molecule has 2 atom stereocenters. The molecule has 0 aliphatic rings. The van der Waals surface area contributed by atoms with Crippen molar-refractivity contribution in [2.45, 2.75) is 18.4 Å². The van der Waals surface area contributed by atoms with Crippen LogP contribution in [0.5, 0.6) is 0 Å². The second kappa shape index (κ2) is 10.3. The van der Waals surface area contributed by atoms with E-state index in [1.165, 1.54) is 16.7 Å². The molecule has 2 aromatic heterocycles. The lowest BCUT2D eigenvalue weighted by Crippen LogP contribution is -2.16. The highest BCUT2D eigenvalue weighted by molar-refractivity contribution is 7.12. The zero-order valence-corrected chi connectivity index (χ0v) is 20.1. The highest BCUT2D eigenvalue weighted by Crippen LogP contribution is 2.38. The molecule has 1 N–H and O–H groups in total. The van der Waals surface area contributed by atoms with Crippen LogP contribution in [-0.4, -0.2) is 15.6 Å². The van der Waals surface area contributed by atoms with Crippen molar-refractivity contribution in [3.63, 3.8) is 0 Å². The van der Waals surface area contributed by atoms with Gasteiger partial charge in [-0.3, -0.25) is 4.79 Å². The van der Waals surface area contributed by atoms with Gasteiger partial charge in [-0.25, -0.2) is 9.18 Å². The molecule has 0 amide bonds. The predicted molar refractivity (Wildman–Crippen MR) is 135 cm³/mol. The van der Waals surface area contributed by atoms with Crippen molar-refractivity contribution < 1.29 is 14.3 Å². The maximum atomic E-state index is 15.0. The molecule has 0 bridgehead atoms. The van der Waals surface area contributed by atoms with Gasteiger partial charge < -0.3 is 9.67 Å². The summed E-state index contributed by atoms with van der Waals surface area (Å²) in [5, 5.41) is 14.5. The van der Waals surface area contributed by atoms with Gasteiger partial charge in [0.15, 0.2) is 0 Å². The first kappa shape index (κ1) is 24.5. The number of nitrogens with zero attached hydrogens (tertiary/aromatic N) is 2. The summed E-state index contributed by atoms with van der Waals surface area (Å²) in [6, 6.07) is 15.4. The van der Waals surface area contributed by atoms with Crippen LogP contribution in [0.15, 0.2) is 82.2 Å². The second-order valence-corrected chi connectivity index (χ2v) is 9.46. The summed E-state index contributed by atoms with van der Waals surface area (Å²) in [6.45, 7) is 0. The molecular weight excluding hydrogens is 491 g/mol. The van der Waals surface area contributed by atoms with E-state index in [-0.39, 0.29) is 21.9 Å². The molecule has 0 fully saturated rings. The monoisotopic (exact) mass is 510 g/mol. The largest absolute Gasteiger partial charge is 0.477 e. The molecule has 6 nitrogen and oxygen atoms in total. The van der Waals surface area contributed by atoms with Gasteiger partial charge in [-0.1, -0.05) is 47.1 Å². The number of thiophene rings is 1. The maximum absolute atomic E-state index is 15.0. The first-order chi connectivity index (χ1) is 16.8. The lowest BCUT2D eigenvalue weighted by atomic mass is 9.84. The quantitative estimate of drug-likeness (QED) is 0.269. The van der Waals surface area contributed by atoms with E-state index in [0.717, 1.165) is 28.0 Å². The number of pyridine rings is 1. The molecule has 0 aliphatic heterocycles. The Hall–Kier alpha value is -3.62. The summed E-state index contributed by atoms with van der Waals surface area (Å²) in [6.07, 6.45) is 1.73. The number of rotatable bonds is 8. The van der Waals surface area contributed by atoms with E-state index in [1.54, 1.807) is 42.9 Å². The van der Waals surface area contributed by atoms with Gasteiger partial charge in [0.25, 0.3) is 0 Å². The molecule has 0 radical (unpaired) electrons. The standard InChI is InChI=1S/C26H20ClFN2O4S/c1-30-13-17(6-9-25(30)31)23(29-34)12-21(20-8-7-19(27)11-22(20)28)16-4-2-15(3-5-16)18-10-24(26(32)33)35-14-18/h2-11,13-14,21,23H,12H2,1H3,(H,32,33)/t21-,23?/m1/s1. The van der Waals surface area contributed by atoms with Crippen molar-refractivity contribution in [1.29, 1.82) is 0 Å². The minimum absolute atomic E-state index is 0.168. The maximum Gasteiger partial charge on any atom is 0.345 e. The van der Waals surface area contributed by atoms with Crippen LogP contribution in [0, 0.1) is 10.7 Å². The summed E-state index contributed by atoms with van der Waals surface area (Å²) in [7, 11) is 1.59. The molecule has 2 aromatic carbocycles. The zero-order chi connectivity index (χ0) is 25.1. The minimum Gasteiger partial charge on any atom is -0.477 e. The number of hydrogen-bond acceptors (Lipinski definition) is 5. The Kier molecular flexibility index (Phi) is 7.23. The Balaban J connectivity index is 1.72. The van der Waals surface area contributed by atoms with Crippen molar-refractivity contribution in [3.05, 3.63) is 120 Å². The van der Waals surface area contributed by atoms with Crippen molar-refractivity contribution in [2.75, 3.05) is 0 Å². The number of carbonyl (C=O) groups is 1. The number of benzene rings is 2. The molecule has 0 saturated heterocycles. The van der Waals surface area contributed by atoms with Gasteiger partial charge in [0, 0.05) is 30.3 Å². The number of halogens is 2. The Morgan fingerprint density at radius 3 is 2.40 bits per heavy atom. The van der Waals surface area contributed by atoms with Crippen molar-refractivity contribution >= 4 is 28.9 Å². The average Bonchev–Trinajstić information content (AvgIpc) is 3.34. The SMILES string of the molecule is Cn1cc(C(C[C@H](c2ccc(-c3csc(C(=O)O)c3)cc2)c2ccc(Cl)cc2F)N=O)ccc1=O. The fraction of sp³-hybridized carbons (Fsp3) is 0.154. The molecule has 1 unspecified atom stereocenters. The van der Waals surface area contributed by atoms with Crippen LogP contribution in [0.4, 0.5) is 4.39 Å². The van der Waals surface area contributed by atoms with Gasteiger partial charge in [-0.2, -0.15) is 4.91 Å². The lowest BCUT2D eigenvalue weighted by molar-refractivity contribution is 0.0702. The van der Waals surface area contributed by atoms with Crippen molar-refractivity contribution in [1.82, 2.24) is 4.57 Å². The average molecular weight is 511 g/mol. The van der Waals surface area contributed by atoms with Crippen LogP contribution in [0.25, 0.3) is 11.1 Å². The Labute approximate surface area is 209 Å². The predicted octanol–water partition coefficient (Wildman–Crippen LogP) is 6.63. The van der Waals surface area contributed by atoms with Gasteiger partial charge >= 0.3 is 5.97 Å². The van der Waals surface area contributed by atoms with Gasteiger partial charge in [0.05, 0.1) is 0 Å². The van der Waals surface area contributed by atoms with Gasteiger partial charge in [-0.05, 0) is 63.9 Å². The summed E-state index contributed by atoms with van der Waals surface area (Å²) >= 11 is 7.10. The van der Waals surface area contributed by atoms with Crippen LogP contribution < -0.4 is 5.56 Å². The number of carboxylic acids is 1. The molecule has 0 saturated carbocycles. The number of hydrogen-bond donors (Lipinski definition) is 1. The number of nitroso groups, excluding NO2 is 1. The Morgan fingerprint density at radius 1 is 1.09 bits per heavy atom. The van der Waals surface area contributed by atoms with Gasteiger partial charge in [0.2, 0.25) is 5.56 Å². The molecule has 0 aliphatic carbocycles. The van der Waals surface area contributed by atoms with Crippen molar-refractivity contribution in [3.8, 4) is 11.1 Å². The third kappa shape index (κ3) is 5.39. The molecule has 178 valence electrons. The summed E-state index contributed by atoms with van der Waals surface area (Å²) in [4.78, 5) is 35.0. The smallest absolute Gasteiger partial charge is 0.345 e. The first-order valence-corrected chi connectivity index (χ1v) is 11.9. The van der Waals surface area contributed by atoms with Crippen molar-refractivity contribution in [2.24, 2.45) is 12.2 Å². The molecule has 9 heteroatoms. The summed E-state index contributed by atoms with van der Waals surface area (Å²) in [5.41, 5.74) is 3.04. The fourth-order valence-electron chi connectivity index (χ4n) is 4.01. The van der Waals surface area contributed by atoms with Crippen LogP contribution >= 0.6 is 22.9 Å². The highest BCUT2D eigenvalue weighted by atomic mass is 35.5. The molecular formula is C26H20ClFN2O4S. The third-order valence-corrected chi connectivity index (χ3v) is 7.03. The highest BCUT2D eigenvalue weighted by Gasteiger charge is 2.25.